The van der Waals surface area contributed by atoms with Crippen molar-refractivity contribution in [3.63, 3.8) is 0 Å². The predicted molar refractivity (Wildman–Crippen MR) is 108 cm³/mol. The number of rotatable bonds is 8. The maximum atomic E-state index is 12.3. The van der Waals surface area contributed by atoms with Crippen molar-refractivity contribution in [1.82, 2.24) is 19.9 Å². The number of anilines is 2. The van der Waals surface area contributed by atoms with Crippen LogP contribution in [-0.4, -0.2) is 40.1 Å². The van der Waals surface area contributed by atoms with Gasteiger partial charge in [0.2, 0.25) is 5.95 Å². The molecule has 0 radical (unpaired) electrons. The van der Waals surface area contributed by atoms with Gasteiger partial charge in [0, 0.05) is 55.0 Å². The summed E-state index contributed by atoms with van der Waals surface area (Å²) in [7, 11) is 0. The fourth-order valence-electron chi connectivity index (χ4n) is 2.66. The lowest BCUT2D eigenvalue weighted by Gasteiger charge is -2.10. The lowest BCUT2D eigenvalue weighted by Crippen LogP contribution is -2.29. The van der Waals surface area contributed by atoms with Gasteiger partial charge in [-0.15, -0.1) is 0 Å². The van der Waals surface area contributed by atoms with Crippen molar-refractivity contribution in [2.24, 2.45) is 0 Å². The van der Waals surface area contributed by atoms with Crippen LogP contribution in [0, 0.1) is 6.92 Å². The van der Waals surface area contributed by atoms with E-state index in [1.54, 1.807) is 0 Å². The molecule has 3 N–H and O–H groups in total. The highest BCUT2D eigenvalue weighted by molar-refractivity contribution is 5.94. The standard InChI is InChI=1S/C20H24N6O/c1-3-21-20-24-15(2)14-18(25-20)22-10-11-23-19(27)16-6-8-17(9-7-16)26-12-4-5-13-26/h4-9,12-14H,3,10-11H2,1-2H3,(H,23,27)(H2,21,22,24,25). The Hall–Kier alpha value is -3.35. The predicted octanol–water partition coefficient (Wildman–Crippen LogP) is 2.85. The molecule has 2 aromatic heterocycles. The first-order valence-corrected chi connectivity index (χ1v) is 9.01. The fraction of sp³-hybridized carbons (Fsp3) is 0.250. The first kappa shape index (κ1) is 18.4. The Bertz CT molecular complexity index is 874. The van der Waals surface area contributed by atoms with Crippen LogP contribution in [-0.2, 0) is 0 Å². The van der Waals surface area contributed by atoms with Gasteiger partial charge in [0.05, 0.1) is 0 Å². The number of carbonyl (C=O) groups is 1. The number of hydrogen-bond donors (Lipinski definition) is 3. The summed E-state index contributed by atoms with van der Waals surface area (Å²) >= 11 is 0. The van der Waals surface area contributed by atoms with Gasteiger partial charge < -0.3 is 20.5 Å². The molecule has 0 fully saturated rings. The fourth-order valence-corrected chi connectivity index (χ4v) is 2.66. The van der Waals surface area contributed by atoms with Crippen LogP contribution in [0.3, 0.4) is 0 Å². The quantitative estimate of drug-likeness (QED) is 0.535. The molecule has 2 heterocycles. The monoisotopic (exact) mass is 364 g/mol. The Morgan fingerprint density at radius 2 is 1.78 bits per heavy atom. The Balaban J connectivity index is 1.48. The molecule has 0 aliphatic rings. The highest BCUT2D eigenvalue weighted by atomic mass is 16.1. The van der Waals surface area contributed by atoms with E-state index in [9.17, 15) is 4.79 Å². The van der Waals surface area contributed by atoms with Crippen molar-refractivity contribution in [2.75, 3.05) is 30.3 Å². The molecule has 140 valence electrons. The molecule has 0 saturated heterocycles. The number of aromatic nitrogens is 3. The molecule has 3 rings (SSSR count). The summed E-state index contributed by atoms with van der Waals surface area (Å²) in [4.78, 5) is 21.0. The summed E-state index contributed by atoms with van der Waals surface area (Å²) in [6.45, 7) is 5.77. The van der Waals surface area contributed by atoms with Crippen LogP contribution in [0.4, 0.5) is 11.8 Å². The van der Waals surface area contributed by atoms with Crippen LogP contribution < -0.4 is 16.0 Å². The molecule has 0 aliphatic heterocycles. The Labute approximate surface area is 158 Å². The van der Waals surface area contributed by atoms with Crippen molar-refractivity contribution in [1.29, 1.82) is 0 Å². The number of carbonyl (C=O) groups excluding carboxylic acids is 1. The van der Waals surface area contributed by atoms with E-state index in [2.05, 4.69) is 25.9 Å². The van der Waals surface area contributed by atoms with E-state index in [-0.39, 0.29) is 5.91 Å². The molecule has 7 nitrogen and oxygen atoms in total. The second-order valence-corrected chi connectivity index (χ2v) is 6.07. The molecule has 0 saturated carbocycles. The third kappa shape index (κ3) is 5.07. The number of amides is 1. The van der Waals surface area contributed by atoms with Crippen LogP contribution in [0.15, 0.2) is 54.9 Å². The Morgan fingerprint density at radius 3 is 2.48 bits per heavy atom. The van der Waals surface area contributed by atoms with Crippen molar-refractivity contribution >= 4 is 17.7 Å². The molecule has 0 bridgehead atoms. The summed E-state index contributed by atoms with van der Waals surface area (Å²) < 4.78 is 2.00. The summed E-state index contributed by atoms with van der Waals surface area (Å²) in [6.07, 6.45) is 3.94. The Morgan fingerprint density at radius 1 is 1.04 bits per heavy atom. The summed E-state index contributed by atoms with van der Waals surface area (Å²) in [6, 6.07) is 13.3. The zero-order valence-corrected chi connectivity index (χ0v) is 15.6. The van der Waals surface area contributed by atoms with Crippen molar-refractivity contribution in [3.8, 4) is 5.69 Å². The van der Waals surface area contributed by atoms with Gasteiger partial charge in [0.25, 0.3) is 5.91 Å². The highest BCUT2D eigenvalue weighted by Crippen LogP contribution is 2.10. The minimum absolute atomic E-state index is 0.0944. The lowest BCUT2D eigenvalue weighted by molar-refractivity contribution is 0.0955. The van der Waals surface area contributed by atoms with Crippen LogP contribution >= 0.6 is 0 Å². The smallest absolute Gasteiger partial charge is 0.251 e. The van der Waals surface area contributed by atoms with E-state index in [0.717, 1.165) is 23.7 Å². The van der Waals surface area contributed by atoms with Gasteiger partial charge in [-0.05, 0) is 50.2 Å². The molecular formula is C20H24N6O. The van der Waals surface area contributed by atoms with Crippen molar-refractivity contribution in [3.05, 3.63) is 66.1 Å². The third-order valence-electron chi connectivity index (χ3n) is 3.94. The summed E-state index contributed by atoms with van der Waals surface area (Å²) in [5, 5.41) is 9.22. The van der Waals surface area contributed by atoms with Crippen molar-refractivity contribution < 1.29 is 4.79 Å². The topological polar surface area (TPSA) is 83.9 Å². The van der Waals surface area contributed by atoms with Gasteiger partial charge in [-0.3, -0.25) is 4.79 Å². The van der Waals surface area contributed by atoms with E-state index in [4.69, 9.17) is 0 Å². The molecular weight excluding hydrogens is 340 g/mol. The summed E-state index contributed by atoms with van der Waals surface area (Å²) in [5.74, 6) is 1.25. The summed E-state index contributed by atoms with van der Waals surface area (Å²) in [5.41, 5.74) is 2.54. The van der Waals surface area contributed by atoms with Gasteiger partial charge in [-0.2, -0.15) is 4.98 Å². The normalized spacial score (nSPS) is 10.4. The molecule has 1 amide bonds. The maximum Gasteiger partial charge on any atom is 0.251 e. The number of hydrogen-bond acceptors (Lipinski definition) is 5. The molecule has 0 unspecified atom stereocenters. The molecule has 7 heteroatoms. The molecule has 0 aliphatic carbocycles. The number of benzene rings is 1. The number of nitrogens with one attached hydrogen (secondary N) is 3. The van der Waals surface area contributed by atoms with Crippen LogP contribution in [0.25, 0.3) is 5.69 Å². The van der Waals surface area contributed by atoms with E-state index in [0.29, 0.717) is 24.6 Å². The van der Waals surface area contributed by atoms with Gasteiger partial charge >= 0.3 is 0 Å². The van der Waals surface area contributed by atoms with Crippen LogP contribution in [0.5, 0.6) is 0 Å². The molecule has 1 aromatic carbocycles. The molecule has 27 heavy (non-hydrogen) atoms. The van der Waals surface area contributed by atoms with Crippen molar-refractivity contribution in [2.45, 2.75) is 13.8 Å². The average Bonchev–Trinajstić information content (AvgIpc) is 3.20. The van der Waals surface area contributed by atoms with E-state index >= 15 is 0 Å². The van der Waals surface area contributed by atoms with E-state index in [1.165, 1.54) is 0 Å². The first-order valence-electron chi connectivity index (χ1n) is 9.01. The van der Waals surface area contributed by atoms with E-state index < -0.39 is 0 Å². The highest BCUT2D eigenvalue weighted by Gasteiger charge is 2.06. The molecule has 3 aromatic rings. The first-order chi connectivity index (χ1) is 13.2. The zero-order chi connectivity index (χ0) is 19.1. The van der Waals surface area contributed by atoms with Gasteiger partial charge in [0.15, 0.2) is 0 Å². The lowest BCUT2D eigenvalue weighted by atomic mass is 10.2. The third-order valence-corrected chi connectivity index (χ3v) is 3.94. The Kier molecular flexibility index (Phi) is 6.04. The zero-order valence-electron chi connectivity index (χ0n) is 15.6. The minimum Gasteiger partial charge on any atom is -0.368 e. The van der Waals surface area contributed by atoms with E-state index in [1.807, 2.05) is 73.3 Å². The van der Waals surface area contributed by atoms with Crippen LogP contribution in [0.1, 0.15) is 23.0 Å². The van der Waals surface area contributed by atoms with Gasteiger partial charge in [-0.1, -0.05) is 0 Å². The second kappa shape index (κ2) is 8.84. The van der Waals surface area contributed by atoms with Gasteiger partial charge in [-0.25, -0.2) is 4.98 Å². The number of aryl methyl sites for hydroxylation is 1. The number of nitrogens with zero attached hydrogens (tertiary/aromatic N) is 3. The van der Waals surface area contributed by atoms with Crippen LogP contribution in [0.2, 0.25) is 0 Å². The molecule has 0 atom stereocenters. The maximum absolute atomic E-state index is 12.3. The average molecular weight is 364 g/mol. The molecule has 0 spiro atoms. The minimum atomic E-state index is -0.0944. The van der Waals surface area contributed by atoms with Gasteiger partial charge in [0.1, 0.15) is 5.82 Å². The largest absolute Gasteiger partial charge is 0.368 e. The SMILES string of the molecule is CCNc1nc(C)cc(NCCNC(=O)c2ccc(-n3cccc3)cc2)n1. The second-order valence-electron chi connectivity index (χ2n) is 6.07.